The smallest absolute Gasteiger partial charge is 0.191 e. The molecule has 2 aromatic heterocycles. The standard InChI is InChI=1S/C23H33N7.HI/c1-6-24-23(27-16(2)15-20-17(3)29-30(5)18(20)4)26-14-13-25-22-12-11-19-9-7-8-10-21(19)28-22;/h7-12,16H,6,13-15H2,1-5H3,(H,25,28)(H2,24,26,27);1H. The third kappa shape index (κ3) is 6.81. The van der Waals surface area contributed by atoms with Crippen LogP contribution in [-0.4, -0.2) is 46.4 Å². The second-order valence-corrected chi connectivity index (χ2v) is 7.60. The number of guanidine groups is 1. The van der Waals surface area contributed by atoms with E-state index < -0.39 is 0 Å². The summed E-state index contributed by atoms with van der Waals surface area (Å²) in [5, 5.41) is 15.9. The molecule has 0 aliphatic rings. The number of benzene rings is 1. The molecule has 0 radical (unpaired) electrons. The molecule has 0 spiro atoms. The minimum Gasteiger partial charge on any atom is -0.368 e. The molecule has 1 unspecified atom stereocenters. The second kappa shape index (κ2) is 11.9. The van der Waals surface area contributed by atoms with Gasteiger partial charge in [-0.15, -0.1) is 24.0 Å². The summed E-state index contributed by atoms with van der Waals surface area (Å²) in [5.41, 5.74) is 4.61. The number of hydrogen-bond donors (Lipinski definition) is 3. The normalized spacial score (nSPS) is 12.4. The molecule has 3 rings (SSSR count). The highest BCUT2D eigenvalue weighted by Crippen LogP contribution is 2.15. The van der Waals surface area contributed by atoms with Crippen LogP contribution in [-0.2, 0) is 13.5 Å². The molecular weight excluding hydrogens is 501 g/mol. The molecule has 0 aliphatic heterocycles. The van der Waals surface area contributed by atoms with Crippen molar-refractivity contribution < 1.29 is 0 Å². The summed E-state index contributed by atoms with van der Waals surface area (Å²) < 4.78 is 1.95. The van der Waals surface area contributed by atoms with E-state index >= 15 is 0 Å². The van der Waals surface area contributed by atoms with Crippen molar-refractivity contribution in [2.75, 3.05) is 25.0 Å². The number of halogens is 1. The first kappa shape index (κ1) is 24.9. The molecule has 31 heavy (non-hydrogen) atoms. The van der Waals surface area contributed by atoms with Crippen LogP contribution in [0.5, 0.6) is 0 Å². The highest BCUT2D eigenvalue weighted by atomic mass is 127. The maximum atomic E-state index is 4.71. The SMILES string of the molecule is CCNC(=NCCNc1ccc2ccccc2n1)NC(C)Cc1c(C)nn(C)c1C.I. The predicted octanol–water partition coefficient (Wildman–Crippen LogP) is 3.80. The molecule has 0 fully saturated rings. The van der Waals surface area contributed by atoms with Gasteiger partial charge in [0.15, 0.2) is 5.96 Å². The van der Waals surface area contributed by atoms with Gasteiger partial charge in [0.1, 0.15) is 5.82 Å². The molecule has 168 valence electrons. The fourth-order valence-corrected chi connectivity index (χ4v) is 3.54. The van der Waals surface area contributed by atoms with Crippen molar-refractivity contribution in [2.45, 2.75) is 40.2 Å². The van der Waals surface area contributed by atoms with Crippen LogP contribution in [0, 0.1) is 13.8 Å². The van der Waals surface area contributed by atoms with Crippen molar-refractivity contribution in [3.8, 4) is 0 Å². The zero-order valence-electron chi connectivity index (χ0n) is 19.1. The minimum atomic E-state index is 0. The maximum absolute atomic E-state index is 4.71. The van der Waals surface area contributed by atoms with E-state index in [9.17, 15) is 0 Å². The molecular formula is C23H34IN7. The summed E-state index contributed by atoms with van der Waals surface area (Å²) in [5.74, 6) is 1.70. The zero-order valence-corrected chi connectivity index (χ0v) is 21.4. The van der Waals surface area contributed by atoms with Crippen LogP contribution in [0.4, 0.5) is 5.82 Å². The molecule has 0 amide bonds. The van der Waals surface area contributed by atoms with Crippen LogP contribution in [0.25, 0.3) is 10.9 Å². The van der Waals surface area contributed by atoms with Crippen molar-refractivity contribution >= 4 is 46.7 Å². The Bertz CT molecular complexity index is 1010. The Labute approximate surface area is 202 Å². The molecule has 1 aromatic carbocycles. The van der Waals surface area contributed by atoms with Gasteiger partial charge in [0.05, 0.1) is 17.8 Å². The van der Waals surface area contributed by atoms with Gasteiger partial charge in [0, 0.05) is 37.3 Å². The van der Waals surface area contributed by atoms with Gasteiger partial charge in [0.25, 0.3) is 0 Å². The van der Waals surface area contributed by atoms with Crippen LogP contribution in [0.1, 0.15) is 30.8 Å². The Balaban J connectivity index is 0.00000341. The molecule has 8 heteroatoms. The fraction of sp³-hybridized carbons (Fsp3) is 0.435. The Hall–Kier alpha value is -2.36. The third-order valence-corrected chi connectivity index (χ3v) is 5.18. The lowest BCUT2D eigenvalue weighted by atomic mass is 10.1. The second-order valence-electron chi connectivity index (χ2n) is 7.60. The summed E-state index contributed by atoms with van der Waals surface area (Å²) in [6.45, 7) is 10.6. The van der Waals surface area contributed by atoms with E-state index in [2.05, 4.69) is 65.9 Å². The van der Waals surface area contributed by atoms with Crippen molar-refractivity contribution in [3.05, 3.63) is 53.3 Å². The topological polar surface area (TPSA) is 79.2 Å². The number of hydrogen-bond acceptors (Lipinski definition) is 4. The predicted molar refractivity (Wildman–Crippen MR) is 141 cm³/mol. The number of aromatic nitrogens is 3. The Morgan fingerprint density at radius 2 is 1.94 bits per heavy atom. The molecule has 3 N–H and O–H groups in total. The Morgan fingerprint density at radius 1 is 1.16 bits per heavy atom. The molecule has 7 nitrogen and oxygen atoms in total. The number of rotatable bonds is 8. The van der Waals surface area contributed by atoms with Gasteiger partial charge in [-0.2, -0.15) is 5.10 Å². The molecule has 0 saturated carbocycles. The molecule has 3 aromatic rings. The Morgan fingerprint density at radius 3 is 2.65 bits per heavy atom. The number of anilines is 1. The lowest BCUT2D eigenvalue weighted by molar-refractivity contribution is 0.636. The first-order valence-electron chi connectivity index (χ1n) is 10.6. The number of fused-ring (bicyclic) bond motifs is 1. The largest absolute Gasteiger partial charge is 0.368 e. The zero-order chi connectivity index (χ0) is 21.5. The average Bonchev–Trinajstić information content (AvgIpc) is 2.97. The minimum absolute atomic E-state index is 0. The third-order valence-electron chi connectivity index (χ3n) is 5.18. The quantitative estimate of drug-likeness (QED) is 0.177. The summed E-state index contributed by atoms with van der Waals surface area (Å²) >= 11 is 0. The number of nitrogens with zero attached hydrogens (tertiary/aromatic N) is 4. The number of nitrogens with one attached hydrogen (secondary N) is 3. The molecule has 2 heterocycles. The van der Waals surface area contributed by atoms with Crippen molar-refractivity contribution in [2.24, 2.45) is 12.0 Å². The molecule has 1 atom stereocenters. The lowest BCUT2D eigenvalue weighted by Crippen LogP contribution is -2.43. The van der Waals surface area contributed by atoms with Gasteiger partial charge in [0.2, 0.25) is 0 Å². The van der Waals surface area contributed by atoms with Gasteiger partial charge in [-0.1, -0.05) is 18.2 Å². The van der Waals surface area contributed by atoms with E-state index in [0.29, 0.717) is 6.54 Å². The van der Waals surface area contributed by atoms with Crippen LogP contribution in [0.15, 0.2) is 41.4 Å². The van der Waals surface area contributed by atoms with E-state index in [1.54, 1.807) is 0 Å². The van der Waals surface area contributed by atoms with E-state index in [1.807, 2.05) is 36.0 Å². The highest BCUT2D eigenvalue weighted by Gasteiger charge is 2.14. The summed E-state index contributed by atoms with van der Waals surface area (Å²) in [6.07, 6.45) is 0.912. The summed E-state index contributed by atoms with van der Waals surface area (Å²) in [4.78, 5) is 9.35. The number of aliphatic imine (C=N–C) groups is 1. The van der Waals surface area contributed by atoms with E-state index in [-0.39, 0.29) is 30.0 Å². The first-order valence-corrected chi connectivity index (χ1v) is 10.6. The maximum Gasteiger partial charge on any atom is 0.191 e. The van der Waals surface area contributed by atoms with E-state index in [0.717, 1.165) is 47.9 Å². The summed E-state index contributed by atoms with van der Waals surface area (Å²) in [7, 11) is 1.99. The van der Waals surface area contributed by atoms with Crippen LogP contribution in [0.3, 0.4) is 0 Å². The van der Waals surface area contributed by atoms with E-state index in [4.69, 9.17) is 4.99 Å². The number of pyridine rings is 1. The lowest BCUT2D eigenvalue weighted by Gasteiger charge is -2.18. The van der Waals surface area contributed by atoms with Crippen molar-refractivity contribution in [3.63, 3.8) is 0 Å². The first-order chi connectivity index (χ1) is 14.5. The highest BCUT2D eigenvalue weighted by molar-refractivity contribution is 14.0. The van der Waals surface area contributed by atoms with Crippen molar-refractivity contribution in [1.82, 2.24) is 25.4 Å². The molecule has 0 saturated heterocycles. The van der Waals surface area contributed by atoms with Crippen LogP contribution >= 0.6 is 24.0 Å². The van der Waals surface area contributed by atoms with Crippen LogP contribution in [0.2, 0.25) is 0 Å². The van der Waals surface area contributed by atoms with Crippen molar-refractivity contribution in [1.29, 1.82) is 0 Å². The molecule has 0 aliphatic carbocycles. The molecule has 0 bridgehead atoms. The van der Waals surface area contributed by atoms with Gasteiger partial charge in [-0.25, -0.2) is 4.98 Å². The van der Waals surface area contributed by atoms with Gasteiger partial charge >= 0.3 is 0 Å². The van der Waals surface area contributed by atoms with Gasteiger partial charge in [-0.3, -0.25) is 9.67 Å². The number of aryl methyl sites for hydroxylation is 2. The van der Waals surface area contributed by atoms with Crippen LogP contribution < -0.4 is 16.0 Å². The van der Waals surface area contributed by atoms with E-state index in [1.165, 1.54) is 11.3 Å². The average molecular weight is 535 g/mol. The number of para-hydroxylation sites is 1. The van der Waals surface area contributed by atoms with Gasteiger partial charge in [-0.05, 0) is 57.9 Å². The van der Waals surface area contributed by atoms with Gasteiger partial charge < -0.3 is 16.0 Å². The fourth-order valence-electron chi connectivity index (χ4n) is 3.54. The Kier molecular flexibility index (Phi) is 9.54. The summed E-state index contributed by atoms with van der Waals surface area (Å²) in [6, 6.07) is 12.5. The monoisotopic (exact) mass is 535 g/mol.